The Bertz CT molecular complexity index is 3210. The Hall–Kier alpha value is -7.58. The SMILES string of the molecule is c1cc(-c2ccncc2)nc(-n2c3cccnc3c3c4ccc5cc6c(c7ccc(cc32)c4c57)c2ncccc2n6-c2cccc(-c3ccncc3)n2)c1. The zero-order valence-electron chi connectivity index (χ0n) is 28.6. The summed E-state index contributed by atoms with van der Waals surface area (Å²) < 4.78 is 4.50. The first kappa shape index (κ1) is 29.0. The molecule has 0 fully saturated rings. The average molecular weight is 691 g/mol. The highest BCUT2D eigenvalue weighted by Gasteiger charge is 2.23. The number of aromatic nitrogens is 8. The molecule has 8 nitrogen and oxygen atoms in total. The normalized spacial score (nSPS) is 12.1. The van der Waals surface area contributed by atoms with Crippen molar-refractivity contribution in [2.75, 3.05) is 0 Å². The number of hydrogen-bond acceptors (Lipinski definition) is 6. The van der Waals surface area contributed by atoms with E-state index >= 15 is 0 Å². The van der Waals surface area contributed by atoms with Crippen molar-refractivity contribution in [1.29, 1.82) is 0 Å². The number of benzene rings is 4. The van der Waals surface area contributed by atoms with Crippen molar-refractivity contribution in [3.05, 3.63) is 159 Å². The number of rotatable bonds is 4. The van der Waals surface area contributed by atoms with Gasteiger partial charge >= 0.3 is 0 Å². The zero-order valence-corrected chi connectivity index (χ0v) is 28.6. The Morgan fingerprint density at radius 1 is 0.370 bits per heavy atom. The standard InChI is InChI=1S/C46H26N8/c1-5-33(27-15-21-47-22-16-27)51-39(9-1)53-35-7-3-19-49-45(35)43-31-13-12-30-26-38-44(32-14-11-29(25-37(43)53)41(31)42(30)32)46-36(8-4-20-50-46)54(38)40-10-2-6-34(52-40)28-17-23-48-24-18-28/h1-26H. The Kier molecular flexibility index (Phi) is 5.90. The molecule has 12 aromatic rings. The van der Waals surface area contributed by atoms with Gasteiger partial charge in [0.25, 0.3) is 0 Å². The van der Waals surface area contributed by atoms with Crippen LogP contribution in [0.1, 0.15) is 0 Å². The molecule has 12 rings (SSSR count). The van der Waals surface area contributed by atoms with E-state index in [1.165, 1.54) is 10.8 Å². The minimum absolute atomic E-state index is 0.840. The smallest absolute Gasteiger partial charge is 0.138 e. The maximum atomic E-state index is 5.17. The second kappa shape index (κ2) is 11.0. The van der Waals surface area contributed by atoms with Crippen LogP contribution in [0.2, 0.25) is 0 Å². The predicted octanol–water partition coefficient (Wildman–Crippen LogP) is 10.5. The van der Waals surface area contributed by atoms with Crippen molar-refractivity contribution < 1.29 is 0 Å². The molecule has 0 saturated carbocycles. The summed E-state index contributed by atoms with van der Waals surface area (Å²) in [4.78, 5) is 28.7. The number of fused-ring (bicyclic) bond motifs is 8. The maximum Gasteiger partial charge on any atom is 0.138 e. The van der Waals surface area contributed by atoms with Gasteiger partial charge in [-0.15, -0.1) is 0 Å². The van der Waals surface area contributed by atoms with Crippen LogP contribution in [0.5, 0.6) is 0 Å². The van der Waals surface area contributed by atoms with Gasteiger partial charge in [-0.1, -0.05) is 36.4 Å². The molecule has 0 unspecified atom stereocenters. The summed E-state index contributed by atoms with van der Waals surface area (Å²) in [5.74, 6) is 1.68. The van der Waals surface area contributed by atoms with Crippen LogP contribution in [-0.2, 0) is 0 Å². The first-order chi connectivity index (χ1) is 26.8. The average Bonchev–Trinajstić information content (AvgIpc) is 3.76. The Morgan fingerprint density at radius 3 is 1.30 bits per heavy atom. The van der Waals surface area contributed by atoms with E-state index in [2.05, 4.69) is 91.9 Å². The van der Waals surface area contributed by atoms with Gasteiger partial charge in [-0.25, -0.2) is 9.97 Å². The largest absolute Gasteiger partial charge is 0.292 e. The second-order valence-electron chi connectivity index (χ2n) is 13.6. The molecule has 0 atom stereocenters. The highest BCUT2D eigenvalue weighted by atomic mass is 15.1. The molecule has 4 aromatic carbocycles. The van der Waals surface area contributed by atoms with Crippen LogP contribution in [0.25, 0.3) is 110 Å². The number of hydrogen-bond donors (Lipinski definition) is 0. The molecule has 0 saturated heterocycles. The molecule has 0 aliphatic rings. The van der Waals surface area contributed by atoms with Crippen LogP contribution >= 0.6 is 0 Å². The molecule has 8 heterocycles. The molecular formula is C46H26N8. The fourth-order valence-corrected chi connectivity index (χ4v) is 8.53. The van der Waals surface area contributed by atoms with Gasteiger partial charge in [0.15, 0.2) is 0 Å². The van der Waals surface area contributed by atoms with Gasteiger partial charge in [0.1, 0.15) is 11.6 Å². The van der Waals surface area contributed by atoms with Crippen LogP contribution in [0.4, 0.5) is 0 Å². The van der Waals surface area contributed by atoms with E-state index in [0.29, 0.717) is 0 Å². The van der Waals surface area contributed by atoms with Crippen LogP contribution < -0.4 is 0 Å². The van der Waals surface area contributed by atoms with Crippen LogP contribution in [0.15, 0.2) is 159 Å². The van der Waals surface area contributed by atoms with Crippen molar-refractivity contribution in [3.8, 4) is 34.2 Å². The van der Waals surface area contributed by atoms with E-state index < -0.39 is 0 Å². The second-order valence-corrected chi connectivity index (χ2v) is 13.6. The lowest BCUT2D eigenvalue weighted by molar-refractivity contribution is 1.08. The molecule has 0 bridgehead atoms. The summed E-state index contributed by atoms with van der Waals surface area (Å²) in [5, 5.41) is 9.31. The zero-order chi connectivity index (χ0) is 35.3. The molecular weight excluding hydrogens is 665 g/mol. The van der Waals surface area contributed by atoms with Gasteiger partial charge in [0, 0.05) is 59.1 Å². The number of nitrogens with zero attached hydrogens (tertiary/aromatic N) is 8. The quantitative estimate of drug-likeness (QED) is 0.171. The van der Waals surface area contributed by atoms with E-state index in [1.807, 2.05) is 60.9 Å². The molecule has 0 spiro atoms. The van der Waals surface area contributed by atoms with Crippen LogP contribution in [0, 0.1) is 0 Å². The fraction of sp³-hybridized carbons (Fsp3) is 0. The molecule has 0 aliphatic heterocycles. The lowest BCUT2D eigenvalue weighted by Gasteiger charge is -2.15. The van der Waals surface area contributed by atoms with Crippen molar-refractivity contribution in [2.24, 2.45) is 0 Å². The summed E-state index contributed by atoms with van der Waals surface area (Å²) in [7, 11) is 0. The van der Waals surface area contributed by atoms with Gasteiger partial charge in [-0.3, -0.25) is 29.1 Å². The minimum Gasteiger partial charge on any atom is -0.292 e. The molecule has 8 heteroatoms. The highest BCUT2D eigenvalue weighted by molar-refractivity contribution is 6.37. The van der Waals surface area contributed by atoms with Gasteiger partial charge in [0.2, 0.25) is 0 Å². The summed E-state index contributed by atoms with van der Waals surface area (Å²) in [6.45, 7) is 0. The Morgan fingerprint density at radius 2 is 0.833 bits per heavy atom. The van der Waals surface area contributed by atoms with Crippen molar-refractivity contribution >= 4 is 76.2 Å². The third-order valence-corrected chi connectivity index (χ3v) is 10.7. The van der Waals surface area contributed by atoms with E-state index in [0.717, 1.165) is 99.6 Å². The summed E-state index contributed by atoms with van der Waals surface area (Å²) in [5.41, 5.74) is 9.88. The lowest BCUT2D eigenvalue weighted by Crippen LogP contribution is -1.99. The van der Waals surface area contributed by atoms with Crippen molar-refractivity contribution in [1.82, 2.24) is 39.0 Å². The van der Waals surface area contributed by atoms with Crippen LogP contribution in [0.3, 0.4) is 0 Å². The lowest BCUT2D eigenvalue weighted by atomic mass is 9.91. The van der Waals surface area contributed by atoms with Crippen molar-refractivity contribution in [3.63, 3.8) is 0 Å². The molecule has 0 N–H and O–H groups in total. The first-order valence-electron chi connectivity index (χ1n) is 17.8. The van der Waals surface area contributed by atoms with Gasteiger partial charge in [-0.2, -0.15) is 0 Å². The van der Waals surface area contributed by atoms with Crippen molar-refractivity contribution in [2.45, 2.75) is 0 Å². The van der Waals surface area contributed by atoms with Gasteiger partial charge in [-0.05, 0) is 117 Å². The third kappa shape index (κ3) is 4.02. The topological polar surface area (TPSA) is 87.2 Å². The molecule has 54 heavy (non-hydrogen) atoms. The molecule has 8 aromatic heterocycles. The summed E-state index contributed by atoms with van der Waals surface area (Å²) in [6.07, 6.45) is 11.0. The Balaban J connectivity index is 1.15. The van der Waals surface area contributed by atoms with Crippen LogP contribution in [-0.4, -0.2) is 39.0 Å². The predicted molar refractivity (Wildman–Crippen MR) is 216 cm³/mol. The van der Waals surface area contributed by atoms with Gasteiger partial charge < -0.3 is 0 Å². The van der Waals surface area contributed by atoms with E-state index in [-0.39, 0.29) is 0 Å². The third-order valence-electron chi connectivity index (χ3n) is 10.7. The maximum absolute atomic E-state index is 5.17. The summed E-state index contributed by atoms with van der Waals surface area (Å²) >= 11 is 0. The van der Waals surface area contributed by atoms with Gasteiger partial charge in [0.05, 0.1) is 44.5 Å². The molecule has 0 aliphatic carbocycles. The monoisotopic (exact) mass is 690 g/mol. The first-order valence-corrected chi connectivity index (χ1v) is 17.8. The molecule has 0 amide bonds. The number of pyridine rings is 6. The molecule has 0 radical (unpaired) electrons. The fourth-order valence-electron chi connectivity index (χ4n) is 8.53. The van der Waals surface area contributed by atoms with E-state index in [1.54, 1.807) is 24.8 Å². The summed E-state index contributed by atoms with van der Waals surface area (Å²) in [6, 6.07) is 42.3. The van der Waals surface area contributed by atoms with E-state index in [9.17, 15) is 0 Å². The highest BCUT2D eigenvalue weighted by Crippen LogP contribution is 2.46. The van der Waals surface area contributed by atoms with E-state index in [4.69, 9.17) is 19.9 Å². The minimum atomic E-state index is 0.840. The molecule has 250 valence electrons. The Labute approximate surface area is 307 Å².